The Bertz CT molecular complexity index is 324. The molecule has 0 aliphatic carbocycles. The lowest BCUT2D eigenvalue weighted by molar-refractivity contribution is 0.0939. The molecule has 0 saturated carbocycles. The number of pyridine rings is 1. The van der Waals surface area contributed by atoms with E-state index in [0.717, 1.165) is 0 Å². The van der Waals surface area contributed by atoms with Gasteiger partial charge in [0.25, 0.3) is 5.91 Å². The molecular formula is C10H14N2O2. The van der Waals surface area contributed by atoms with Crippen molar-refractivity contribution < 1.29 is 9.90 Å². The van der Waals surface area contributed by atoms with E-state index in [-0.39, 0.29) is 18.6 Å². The van der Waals surface area contributed by atoms with Crippen molar-refractivity contribution in [1.29, 1.82) is 0 Å². The molecule has 0 aliphatic rings. The van der Waals surface area contributed by atoms with Crippen molar-refractivity contribution in [2.75, 3.05) is 0 Å². The van der Waals surface area contributed by atoms with E-state index >= 15 is 0 Å². The molecule has 0 saturated heterocycles. The molecular weight excluding hydrogens is 180 g/mol. The molecule has 0 unspecified atom stereocenters. The Hall–Kier alpha value is -1.42. The van der Waals surface area contributed by atoms with Crippen molar-refractivity contribution in [3.05, 3.63) is 29.6 Å². The summed E-state index contributed by atoms with van der Waals surface area (Å²) < 4.78 is 0. The number of aliphatic hydroxyl groups excluding tert-OH is 1. The Morgan fingerprint density at radius 2 is 2.36 bits per heavy atom. The molecule has 1 aromatic heterocycles. The molecule has 1 aromatic rings. The first kappa shape index (κ1) is 10.7. The molecule has 1 rings (SSSR count). The van der Waals surface area contributed by atoms with Crippen molar-refractivity contribution in [2.24, 2.45) is 0 Å². The number of carbonyl (C=O) groups is 1. The number of amides is 1. The van der Waals surface area contributed by atoms with Gasteiger partial charge in [-0.1, -0.05) is 0 Å². The van der Waals surface area contributed by atoms with E-state index < -0.39 is 0 Å². The third-order valence-corrected chi connectivity index (χ3v) is 1.70. The molecule has 0 atom stereocenters. The van der Waals surface area contributed by atoms with Gasteiger partial charge in [-0.25, -0.2) is 0 Å². The van der Waals surface area contributed by atoms with Gasteiger partial charge in [-0.05, 0) is 26.0 Å². The van der Waals surface area contributed by atoms with E-state index in [1.807, 2.05) is 13.8 Å². The van der Waals surface area contributed by atoms with E-state index in [1.165, 1.54) is 0 Å². The molecule has 0 radical (unpaired) electrons. The van der Waals surface area contributed by atoms with Gasteiger partial charge in [0, 0.05) is 12.2 Å². The van der Waals surface area contributed by atoms with Gasteiger partial charge in [0.2, 0.25) is 0 Å². The minimum atomic E-state index is -0.221. The van der Waals surface area contributed by atoms with Gasteiger partial charge in [-0.3, -0.25) is 9.78 Å². The molecule has 2 N–H and O–H groups in total. The molecule has 76 valence electrons. The smallest absolute Gasteiger partial charge is 0.253 e. The summed E-state index contributed by atoms with van der Waals surface area (Å²) >= 11 is 0. The standard InChI is InChI=1S/C10H14N2O2/c1-7(2)12-10(14)8-4-3-5-11-9(8)6-13/h3-5,7,13H,6H2,1-2H3,(H,12,14). The quantitative estimate of drug-likeness (QED) is 0.745. The van der Waals surface area contributed by atoms with E-state index in [0.29, 0.717) is 11.3 Å². The minimum Gasteiger partial charge on any atom is -0.390 e. The third kappa shape index (κ3) is 2.53. The molecule has 0 spiro atoms. The zero-order valence-corrected chi connectivity index (χ0v) is 8.32. The molecule has 0 aromatic carbocycles. The first-order valence-corrected chi connectivity index (χ1v) is 4.50. The van der Waals surface area contributed by atoms with E-state index in [4.69, 9.17) is 5.11 Å². The Balaban J connectivity index is 2.88. The van der Waals surface area contributed by atoms with Crippen LogP contribution in [0.25, 0.3) is 0 Å². The maximum Gasteiger partial charge on any atom is 0.253 e. The Morgan fingerprint density at radius 3 is 2.93 bits per heavy atom. The minimum absolute atomic E-state index is 0.0780. The zero-order chi connectivity index (χ0) is 10.6. The summed E-state index contributed by atoms with van der Waals surface area (Å²) in [6.45, 7) is 3.54. The summed E-state index contributed by atoms with van der Waals surface area (Å²) in [7, 11) is 0. The van der Waals surface area contributed by atoms with Gasteiger partial charge in [0.15, 0.2) is 0 Å². The van der Waals surface area contributed by atoms with Crippen molar-refractivity contribution in [3.63, 3.8) is 0 Å². The third-order valence-electron chi connectivity index (χ3n) is 1.70. The summed E-state index contributed by atoms with van der Waals surface area (Å²) in [5.74, 6) is -0.197. The van der Waals surface area contributed by atoms with Crippen molar-refractivity contribution in [3.8, 4) is 0 Å². The fourth-order valence-corrected chi connectivity index (χ4v) is 1.11. The van der Waals surface area contributed by atoms with E-state index in [1.54, 1.807) is 18.3 Å². The van der Waals surface area contributed by atoms with Crippen LogP contribution in [0, 0.1) is 0 Å². The van der Waals surface area contributed by atoms with E-state index in [9.17, 15) is 4.79 Å². The highest BCUT2D eigenvalue weighted by molar-refractivity contribution is 5.95. The molecule has 4 heteroatoms. The van der Waals surface area contributed by atoms with Gasteiger partial charge >= 0.3 is 0 Å². The second-order valence-corrected chi connectivity index (χ2v) is 3.28. The largest absolute Gasteiger partial charge is 0.390 e. The SMILES string of the molecule is CC(C)NC(=O)c1cccnc1CO. The predicted octanol–water partition coefficient (Wildman–Crippen LogP) is 0.712. The average molecular weight is 194 g/mol. The van der Waals surface area contributed by atoms with Gasteiger partial charge in [0.05, 0.1) is 17.9 Å². The number of aromatic nitrogens is 1. The van der Waals surface area contributed by atoms with Crippen molar-refractivity contribution in [1.82, 2.24) is 10.3 Å². The Labute approximate surface area is 83.0 Å². The highest BCUT2D eigenvalue weighted by atomic mass is 16.3. The lowest BCUT2D eigenvalue weighted by Crippen LogP contribution is -2.31. The van der Waals surface area contributed by atoms with Crippen LogP contribution >= 0.6 is 0 Å². The van der Waals surface area contributed by atoms with E-state index in [2.05, 4.69) is 10.3 Å². The summed E-state index contributed by atoms with van der Waals surface area (Å²) in [5, 5.41) is 11.7. The van der Waals surface area contributed by atoms with Crippen LogP contribution in [0.4, 0.5) is 0 Å². The molecule has 4 nitrogen and oxygen atoms in total. The number of hydrogen-bond donors (Lipinski definition) is 2. The maximum absolute atomic E-state index is 11.6. The monoisotopic (exact) mass is 194 g/mol. The number of carbonyl (C=O) groups excluding carboxylic acids is 1. The Morgan fingerprint density at radius 1 is 1.64 bits per heavy atom. The molecule has 0 fully saturated rings. The lowest BCUT2D eigenvalue weighted by atomic mass is 10.2. The number of rotatable bonds is 3. The van der Waals surface area contributed by atoms with Gasteiger partial charge in [-0.2, -0.15) is 0 Å². The fraction of sp³-hybridized carbons (Fsp3) is 0.400. The van der Waals surface area contributed by atoms with Gasteiger partial charge < -0.3 is 10.4 Å². The molecule has 1 amide bonds. The number of aliphatic hydroxyl groups is 1. The van der Waals surface area contributed by atoms with Crippen LogP contribution in [0.2, 0.25) is 0 Å². The fourth-order valence-electron chi connectivity index (χ4n) is 1.11. The maximum atomic E-state index is 11.6. The van der Waals surface area contributed by atoms with Gasteiger partial charge in [-0.15, -0.1) is 0 Å². The molecule has 0 bridgehead atoms. The summed E-state index contributed by atoms with van der Waals surface area (Å²) in [6.07, 6.45) is 1.55. The van der Waals surface area contributed by atoms with Gasteiger partial charge in [0.1, 0.15) is 0 Å². The highest BCUT2D eigenvalue weighted by Crippen LogP contribution is 2.05. The zero-order valence-electron chi connectivity index (χ0n) is 8.32. The average Bonchev–Trinajstić information content (AvgIpc) is 2.16. The van der Waals surface area contributed by atoms with Crippen LogP contribution in [0.5, 0.6) is 0 Å². The van der Waals surface area contributed by atoms with Crippen LogP contribution in [0.15, 0.2) is 18.3 Å². The summed E-state index contributed by atoms with van der Waals surface area (Å²) in [5.41, 5.74) is 0.842. The molecule has 14 heavy (non-hydrogen) atoms. The molecule has 0 aliphatic heterocycles. The number of hydrogen-bond acceptors (Lipinski definition) is 3. The molecule has 1 heterocycles. The topological polar surface area (TPSA) is 62.2 Å². The first-order chi connectivity index (χ1) is 6.65. The van der Waals surface area contributed by atoms with Crippen LogP contribution in [-0.2, 0) is 6.61 Å². The van der Waals surface area contributed by atoms with Crippen LogP contribution in [0.3, 0.4) is 0 Å². The second kappa shape index (κ2) is 4.72. The Kier molecular flexibility index (Phi) is 3.59. The summed E-state index contributed by atoms with van der Waals surface area (Å²) in [4.78, 5) is 15.5. The normalized spacial score (nSPS) is 10.3. The number of nitrogens with one attached hydrogen (secondary N) is 1. The van der Waals surface area contributed by atoms with Crippen molar-refractivity contribution >= 4 is 5.91 Å². The second-order valence-electron chi connectivity index (χ2n) is 3.28. The number of nitrogens with zero attached hydrogens (tertiary/aromatic N) is 1. The first-order valence-electron chi connectivity index (χ1n) is 4.50. The van der Waals surface area contributed by atoms with Crippen LogP contribution < -0.4 is 5.32 Å². The predicted molar refractivity (Wildman–Crippen MR) is 52.8 cm³/mol. The van der Waals surface area contributed by atoms with Crippen LogP contribution in [-0.4, -0.2) is 22.0 Å². The van der Waals surface area contributed by atoms with Crippen LogP contribution in [0.1, 0.15) is 29.9 Å². The lowest BCUT2D eigenvalue weighted by Gasteiger charge is -2.09. The van der Waals surface area contributed by atoms with Crippen molar-refractivity contribution in [2.45, 2.75) is 26.5 Å². The summed E-state index contributed by atoms with van der Waals surface area (Å²) in [6, 6.07) is 3.40. The highest BCUT2D eigenvalue weighted by Gasteiger charge is 2.11.